The number of anilines is 1. The molecule has 6 nitrogen and oxygen atoms in total. The fourth-order valence-electron chi connectivity index (χ4n) is 3.50. The zero-order valence-corrected chi connectivity index (χ0v) is 15.0. The van der Waals surface area contributed by atoms with E-state index in [0.29, 0.717) is 13.0 Å². The summed E-state index contributed by atoms with van der Waals surface area (Å²) in [6.45, 7) is 2.25. The van der Waals surface area contributed by atoms with E-state index in [1.54, 1.807) is 12.4 Å². The van der Waals surface area contributed by atoms with E-state index >= 15 is 0 Å². The molecular weight excluding hydrogens is 326 g/mol. The lowest BCUT2D eigenvalue weighted by Gasteiger charge is -2.21. The van der Waals surface area contributed by atoms with Crippen molar-refractivity contribution in [2.24, 2.45) is 0 Å². The minimum atomic E-state index is 0.213. The van der Waals surface area contributed by atoms with Gasteiger partial charge in [-0.2, -0.15) is 5.10 Å². The van der Waals surface area contributed by atoms with E-state index in [1.165, 1.54) is 0 Å². The molecule has 4 rings (SSSR count). The lowest BCUT2D eigenvalue weighted by Crippen LogP contribution is -2.32. The fraction of sp³-hybridized carbons (Fsp3) is 0.350. The molecule has 2 aromatic heterocycles. The van der Waals surface area contributed by atoms with Crippen LogP contribution in [0.3, 0.4) is 0 Å². The van der Waals surface area contributed by atoms with Gasteiger partial charge in [-0.05, 0) is 24.6 Å². The Labute approximate surface area is 153 Å². The summed E-state index contributed by atoms with van der Waals surface area (Å²) in [5, 5.41) is 5.82. The molecule has 1 aromatic carbocycles. The molecule has 0 bridgehead atoms. The summed E-state index contributed by atoms with van der Waals surface area (Å²) in [5.74, 6) is 0.213. The molecule has 0 spiro atoms. The highest BCUT2D eigenvalue weighted by Gasteiger charge is 2.27. The zero-order valence-electron chi connectivity index (χ0n) is 15.0. The van der Waals surface area contributed by atoms with Gasteiger partial charge in [0.15, 0.2) is 0 Å². The van der Waals surface area contributed by atoms with Crippen molar-refractivity contribution in [1.29, 1.82) is 0 Å². The number of hydrogen-bond acceptors (Lipinski definition) is 4. The van der Waals surface area contributed by atoms with Crippen LogP contribution in [-0.4, -0.2) is 52.3 Å². The van der Waals surface area contributed by atoms with Crippen molar-refractivity contribution in [3.05, 3.63) is 55.0 Å². The number of likely N-dealkylation sites (tertiary alicyclic amines) is 1. The monoisotopic (exact) mass is 349 g/mol. The van der Waals surface area contributed by atoms with E-state index < -0.39 is 0 Å². The molecule has 0 aliphatic carbocycles. The average Bonchev–Trinajstić information content (AvgIpc) is 3.33. The molecule has 1 aliphatic rings. The highest BCUT2D eigenvalue weighted by Crippen LogP contribution is 2.24. The first-order valence-corrected chi connectivity index (χ1v) is 9.03. The number of aromatic nitrogens is 3. The maximum absolute atomic E-state index is 12.6. The molecule has 0 saturated carbocycles. The van der Waals surface area contributed by atoms with Gasteiger partial charge < -0.3 is 9.80 Å². The Morgan fingerprint density at radius 3 is 2.85 bits per heavy atom. The summed E-state index contributed by atoms with van der Waals surface area (Å²) >= 11 is 0. The minimum absolute atomic E-state index is 0.213. The van der Waals surface area contributed by atoms with Gasteiger partial charge in [0, 0.05) is 62.8 Å². The standard InChI is InChI=1S/C20H23N5O/c1-23(17-6-10-21-11-7-17)12-9-20(26)24-13-8-18(15-24)25-14-16-4-2-3-5-19(16)22-25/h2-7,10-11,14,18H,8-9,12-13,15H2,1H3. The highest BCUT2D eigenvalue weighted by molar-refractivity contribution is 5.78. The number of hydrogen-bond donors (Lipinski definition) is 0. The Kier molecular flexibility index (Phi) is 4.56. The van der Waals surface area contributed by atoms with Crippen LogP contribution in [0.15, 0.2) is 55.0 Å². The second kappa shape index (κ2) is 7.15. The van der Waals surface area contributed by atoms with Crippen LogP contribution in [0.1, 0.15) is 18.9 Å². The third-order valence-electron chi connectivity index (χ3n) is 5.09. The first-order valence-electron chi connectivity index (χ1n) is 9.03. The molecule has 1 atom stereocenters. The van der Waals surface area contributed by atoms with Crippen LogP contribution in [0.2, 0.25) is 0 Å². The van der Waals surface area contributed by atoms with E-state index in [9.17, 15) is 4.79 Å². The van der Waals surface area contributed by atoms with Crippen LogP contribution in [0, 0.1) is 0 Å². The molecule has 0 radical (unpaired) electrons. The Balaban J connectivity index is 1.33. The number of rotatable bonds is 5. The van der Waals surface area contributed by atoms with Gasteiger partial charge in [0.05, 0.1) is 11.6 Å². The SMILES string of the molecule is CN(CCC(=O)N1CCC(n2cc3ccccc3n2)C1)c1ccncc1. The van der Waals surface area contributed by atoms with Gasteiger partial charge in [-0.1, -0.05) is 18.2 Å². The van der Waals surface area contributed by atoms with Crippen molar-refractivity contribution < 1.29 is 4.79 Å². The Hall–Kier alpha value is -2.89. The Morgan fingerprint density at radius 2 is 2.04 bits per heavy atom. The zero-order chi connectivity index (χ0) is 17.9. The molecule has 1 aliphatic heterocycles. The van der Waals surface area contributed by atoms with Crippen molar-refractivity contribution in [3.63, 3.8) is 0 Å². The van der Waals surface area contributed by atoms with Gasteiger partial charge in [0.2, 0.25) is 5.91 Å². The molecule has 134 valence electrons. The van der Waals surface area contributed by atoms with Crippen LogP contribution in [0.5, 0.6) is 0 Å². The van der Waals surface area contributed by atoms with Gasteiger partial charge in [0.25, 0.3) is 0 Å². The number of nitrogens with zero attached hydrogens (tertiary/aromatic N) is 5. The summed E-state index contributed by atoms with van der Waals surface area (Å²) in [6.07, 6.45) is 7.11. The Bertz CT molecular complexity index is 858. The lowest BCUT2D eigenvalue weighted by molar-refractivity contribution is -0.130. The van der Waals surface area contributed by atoms with Gasteiger partial charge in [0.1, 0.15) is 0 Å². The predicted octanol–water partition coefficient (Wildman–Crippen LogP) is 2.73. The van der Waals surface area contributed by atoms with Crippen molar-refractivity contribution >= 4 is 22.5 Å². The van der Waals surface area contributed by atoms with Gasteiger partial charge >= 0.3 is 0 Å². The first-order chi connectivity index (χ1) is 12.7. The number of benzene rings is 1. The molecule has 3 aromatic rings. The van der Waals surface area contributed by atoms with E-state index in [-0.39, 0.29) is 11.9 Å². The summed E-state index contributed by atoms with van der Waals surface area (Å²) in [5.41, 5.74) is 2.09. The predicted molar refractivity (Wildman–Crippen MR) is 102 cm³/mol. The number of fused-ring (bicyclic) bond motifs is 1. The summed E-state index contributed by atoms with van der Waals surface area (Å²) < 4.78 is 2.03. The maximum atomic E-state index is 12.6. The minimum Gasteiger partial charge on any atom is -0.374 e. The van der Waals surface area contributed by atoms with Gasteiger partial charge in [-0.3, -0.25) is 14.5 Å². The second-order valence-corrected chi connectivity index (χ2v) is 6.83. The third-order valence-corrected chi connectivity index (χ3v) is 5.09. The highest BCUT2D eigenvalue weighted by atomic mass is 16.2. The van der Waals surface area contributed by atoms with Crippen LogP contribution >= 0.6 is 0 Å². The quantitative estimate of drug-likeness (QED) is 0.711. The van der Waals surface area contributed by atoms with E-state index in [2.05, 4.69) is 27.2 Å². The van der Waals surface area contributed by atoms with Crippen molar-refractivity contribution in [1.82, 2.24) is 19.7 Å². The largest absolute Gasteiger partial charge is 0.374 e. The second-order valence-electron chi connectivity index (χ2n) is 6.83. The van der Waals surface area contributed by atoms with E-state index in [4.69, 9.17) is 0 Å². The maximum Gasteiger partial charge on any atom is 0.224 e. The third kappa shape index (κ3) is 3.40. The number of pyridine rings is 1. The molecule has 6 heteroatoms. The molecule has 1 fully saturated rings. The normalized spacial score (nSPS) is 17.0. The molecule has 1 unspecified atom stereocenters. The fourth-order valence-corrected chi connectivity index (χ4v) is 3.50. The number of amides is 1. The van der Waals surface area contributed by atoms with Crippen LogP contribution in [-0.2, 0) is 4.79 Å². The average molecular weight is 349 g/mol. The molecule has 26 heavy (non-hydrogen) atoms. The van der Waals surface area contributed by atoms with E-state index in [0.717, 1.165) is 36.1 Å². The number of carbonyl (C=O) groups excluding carboxylic acids is 1. The molecule has 0 N–H and O–H groups in total. The number of carbonyl (C=O) groups is 1. The van der Waals surface area contributed by atoms with Crippen LogP contribution in [0.4, 0.5) is 5.69 Å². The van der Waals surface area contributed by atoms with Gasteiger partial charge in [-0.15, -0.1) is 0 Å². The van der Waals surface area contributed by atoms with Gasteiger partial charge in [-0.25, -0.2) is 0 Å². The van der Waals surface area contributed by atoms with Crippen LogP contribution in [0.25, 0.3) is 10.9 Å². The summed E-state index contributed by atoms with van der Waals surface area (Å²) in [4.78, 5) is 20.7. The smallest absolute Gasteiger partial charge is 0.224 e. The van der Waals surface area contributed by atoms with Crippen LogP contribution < -0.4 is 4.90 Å². The topological polar surface area (TPSA) is 54.3 Å². The molecule has 3 heterocycles. The summed E-state index contributed by atoms with van der Waals surface area (Å²) in [6, 6.07) is 12.3. The molecule has 1 amide bonds. The van der Waals surface area contributed by atoms with E-state index in [1.807, 2.05) is 47.0 Å². The first kappa shape index (κ1) is 16.6. The lowest BCUT2D eigenvalue weighted by atomic mass is 10.2. The van der Waals surface area contributed by atoms with Crippen molar-refractivity contribution in [3.8, 4) is 0 Å². The summed E-state index contributed by atoms with van der Waals surface area (Å²) in [7, 11) is 2.00. The van der Waals surface area contributed by atoms with Crippen molar-refractivity contribution in [2.45, 2.75) is 18.9 Å². The molecule has 1 saturated heterocycles. The molecular formula is C20H23N5O. The Morgan fingerprint density at radius 1 is 1.23 bits per heavy atom. The van der Waals surface area contributed by atoms with Crippen molar-refractivity contribution in [2.75, 3.05) is 31.6 Å².